The minimum absolute atomic E-state index is 0.225. The molecule has 3 aromatic rings. The van der Waals surface area contributed by atoms with Gasteiger partial charge >= 0.3 is 0 Å². The summed E-state index contributed by atoms with van der Waals surface area (Å²) in [6.45, 7) is 0.225. The van der Waals surface area contributed by atoms with Gasteiger partial charge in [-0.3, -0.25) is 4.79 Å². The molecule has 1 amide bonds. The van der Waals surface area contributed by atoms with Gasteiger partial charge in [0.05, 0.1) is 30.5 Å². The Morgan fingerprint density at radius 2 is 1.79 bits per heavy atom. The van der Waals surface area contributed by atoms with Gasteiger partial charge in [-0.2, -0.15) is 5.10 Å². The molecule has 172 valence electrons. The summed E-state index contributed by atoms with van der Waals surface area (Å²) in [6.07, 6.45) is 1.50. The molecule has 0 aromatic heterocycles. The number of nitrogens with one attached hydrogen (secondary N) is 1. The minimum Gasteiger partial charge on any atom is -0.496 e. The molecule has 0 heterocycles. The number of carbonyl (C=O) groups is 1. The van der Waals surface area contributed by atoms with Crippen molar-refractivity contribution in [3.8, 4) is 17.2 Å². The van der Waals surface area contributed by atoms with Crippen molar-refractivity contribution >= 4 is 67.2 Å². The Morgan fingerprint density at radius 1 is 1.03 bits per heavy atom. The highest BCUT2D eigenvalue weighted by Gasteiger charge is 2.14. The fourth-order valence-corrected chi connectivity index (χ4v) is 4.22. The molecular formula is C23H18Br2Cl2N2O4. The summed E-state index contributed by atoms with van der Waals surface area (Å²) >= 11 is 19.0. The lowest BCUT2D eigenvalue weighted by Crippen LogP contribution is -2.18. The van der Waals surface area contributed by atoms with Gasteiger partial charge in [0.2, 0.25) is 0 Å². The van der Waals surface area contributed by atoms with Gasteiger partial charge < -0.3 is 14.2 Å². The zero-order valence-corrected chi connectivity index (χ0v) is 22.2. The Hall–Kier alpha value is -2.26. The maximum atomic E-state index is 12.5. The number of carbonyl (C=O) groups excluding carboxylic acids is 1. The standard InChI is InChI=1S/C23H18Br2Cl2N2O4/c1-31-20-6-4-15(24)9-17(20)23(30)29-28-11-13-7-18(25)22(21(8-13)32-2)33-12-14-3-5-16(26)10-19(14)27/h3-11H,12H2,1-2H3,(H,29,30)/b28-11-. The van der Waals surface area contributed by atoms with Crippen LogP contribution in [0.2, 0.25) is 10.0 Å². The first-order valence-electron chi connectivity index (χ1n) is 9.43. The highest BCUT2D eigenvalue weighted by molar-refractivity contribution is 9.10. The van der Waals surface area contributed by atoms with Gasteiger partial charge in [0.15, 0.2) is 11.5 Å². The fraction of sp³-hybridized carbons (Fsp3) is 0.130. The Bertz CT molecular complexity index is 1210. The van der Waals surface area contributed by atoms with E-state index in [1.165, 1.54) is 20.4 Å². The molecule has 0 fully saturated rings. The SMILES string of the molecule is COc1ccc(Br)cc1C(=O)N/N=C\c1cc(Br)c(OCc2ccc(Cl)cc2Cl)c(OC)c1. The third-order valence-corrected chi connectivity index (χ3v) is 6.09. The number of ether oxygens (including phenoxy) is 3. The number of rotatable bonds is 8. The Kier molecular flexibility index (Phi) is 9.02. The number of hydrogen-bond donors (Lipinski definition) is 1. The predicted molar refractivity (Wildman–Crippen MR) is 137 cm³/mol. The molecule has 0 saturated heterocycles. The average molecular weight is 617 g/mol. The number of amides is 1. The second-order valence-electron chi connectivity index (χ2n) is 6.60. The van der Waals surface area contributed by atoms with E-state index in [4.69, 9.17) is 37.4 Å². The summed E-state index contributed by atoms with van der Waals surface area (Å²) in [5, 5.41) is 5.11. The van der Waals surface area contributed by atoms with Crippen molar-refractivity contribution in [1.82, 2.24) is 5.43 Å². The van der Waals surface area contributed by atoms with Crippen LogP contribution in [0, 0.1) is 0 Å². The van der Waals surface area contributed by atoms with Gasteiger partial charge in [-0.1, -0.05) is 45.2 Å². The van der Waals surface area contributed by atoms with Gasteiger partial charge in [-0.25, -0.2) is 5.43 Å². The maximum absolute atomic E-state index is 12.5. The first kappa shape index (κ1) is 25.4. The van der Waals surface area contributed by atoms with Gasteiger partial charge in [-0.15, -0.1) is 0 Å². The first-order chi connectivity index (χ1) is 15.8. The zero-order valence-electron chi connectivity index (χ0n) is 17.5. The van der Waals surface area contributed by atoms with Crippen LogP contribution >= 0.6 is 55.1 Å². The molecule has 10 heteroatoms. The summed E-state index contributed by atoms with van der Waals surface area (Å²) in [5.41, 5.74) is 4.31. The molecule has 0 spiro atoms. The fourth-order valence-electron chi connectivity index (χ4n) is 2.83. The molecule has 33 heavy (non-hydrogen) atoms. The van der Waals surface area contributed by atoms with Crippen molar-refractivity contribution < 1.29 is 19.0 Å². The van der Waals surface area contributed by atoms with Crippen LogP contribution < -0.4 is 19.6 Å². The Labute approximate surface area is 218 Å². The molecule has 0 saturated carbocycles. The van der Waals surface area contributed by atoms with Crippen LogP contribution in [0.4, 0.5) is 0 Å². The van der Waals surface area contributed by atoms with Crippen LogP contribution in [0.3, 0.4) is 0 Å². The molecular weight excluding hydrogens is 599 g/mol. The highest BCUT2D eigenvalue weighted by atomic mass is 79.9. The molecule has 0 unspecified atom stereocenters. The van der Waals surface area contributed by atoms with Crippen molar-refractivity contribution in [2.75, 3.05) is 14.2 Å². The second-order valence-corrected chi connectivity index (χ2v) is 9.22. The predicted octanol–water partition coefficient (Wildman–Crippen LogP) is 6.88. The topological polar surface area (TPSA) is 69.2 Å². The quantitative estimate of drug-likeness (QED) is 0.221. The Balaban J connectivity index is 1.73. The minimum atomic E-state index is -0.407. The highest BCUT2D eigenvalue weighted by Crippen LogP contribution is 2.37. The van der Waals surface area contributed by atoms with Crippen molar-refractivity contribution in [3.63, 3.8) is 0 Å². The molecule has 0 aliphatic rings. The van der Waals surface area contributed by atoms with Gasteiger partial charge in [0.25, 0.3) is 5.91 Å². The van der Waals surface area contributed by atoms with E-state index in [-0.39, 0.29) is 6.61 Å². The van der Waals surface area contributed by atoms with Crippen LogP contribution in [0.15, 0.2) is 62.6 Å². The van der Waals surface area contributed by atoms with Crippen LogP contribution in [0.25, 0.3) is 0 Å². The van der Waals surface area contributed by atoms with Crippen LogP contribution in [0.5, 0.6) is 17.2 Å². The number of hydrazone groups is 1. The largest absolute Gasteiger partial charge is 0.496 e. The van der Waals surface area contributed by atoms with Gasteiger partial charge in [-0.05, 0) is 64.0 Å². The smallest absolute Gasteiger partial charge is 0.275 e. The van der Waals surface area contributed by atoms with E-state index >= 15 is 0 Å². The lowest BCUT2D eigenvalue weighted by Gasteiger charge is -2.14. The van der Waals surface area contributed by atoms with Crippen molar-refractivity contribution in [2.45, 2.75) is 6.61 Å². The van der Waals surface area contributed by atoms with E-state index in [0.29, 0.717) is 42.9 Å². The molecule has 0 atom stereocenters. The summed E-state index contributed by atoms with van der Waals surface area (Å²) in [4.78, 5) is 12.5. The molecule has 3 rings (SSSR count). The molecule has 0 bridgehead atoms. The molecule has 0 radical (unpaired) electrons. The third kappa shape index (κ3) is 6.63. The van der Waals surface area contributed by atoms with Crippen LogP contribution in [0.1, 0.15) is 21.5 Å². The Morgan fingerprint density at radius 3 is 2.48 bits per heavy atom. The van der Waals surface area contributed by atoms with E-state index in [2.05, 4.69) is 42.4 Å². The lowest BCUT2D eigenvalue weighted by atomic mass is 10.2. The van der Waals surface area contributed by atoms with E-state index in [1.807, 2.05) is 0 Å². The number of hydrogen-bond acceptors (Lipinski definition) is 5. The van der Waals surface area contributed by atoms with E-state index in [9.17, 15) is 4.79 Å². The molecule has 0 aliphatic carbocycles. The summed E-state index contributed by atoms with van der Waals surface area (Å²) in [6, 6.07) is 13.9. The van der Waals surface area contributed by atoms with E-state index in [0.717, 1.165) is 10.0 Å². The summed E-state index contributed by atoms with van der Waals surface area (Å²) in [7, 11) is 3.03. The van der Waals surface area contributed by atoms with Crippen LogP contribution in [-0.4, -0.2) is 26.3 Å². The molecule has 3 aromatic carbocycles. The van der Waals surface area contributed by atoms with Crippen LogP contribution in [-0.2, 0) is 6.61 Å². The number of methoxy groups -OCH3 is 2. The van der Waals surface area contributed by atoms with Gasteiger partial charge in [0.1, 0.15) is 12.4 Å². The third-order valence-electron chi connectivity index (χ3n) is 4.42. The molecule has 1 N–H and O–H groups in total. The van der Waals surface area contributed by atoms with E-state index < -0.39 is 5.91 Å². The monoisotopic (exact) mass is 614 g/mol. The zero-order chi connectivity index (χ0) is 24.0. The normalized spacial score (nSPS) is 10.8. The van der Waals surface area contributed by atoms with Gasteiger partial charge in [0, 0.05) is 20.1 Å². The number of halogens is 4. The first-order valence-corrected chi connectivity index (χ1v) is 11.8. The molecule has 0 aliphatic heterocycles. The molecule has 6 nitrogen and oxygen atoms in total. The number of nitrogens with zero attached hydrogens (tertiary/aromatic N) is 1. The lowest BCUT2D eigenvalue weighted by molar-refractivity contribution is 0.0952. The van der Waals surface area contributed by atoms with Crippen molar-refractivity contribution in [3.05, 3.63) is 84.2 Å². The van der Waals surface area contributed by atoms with E-state index in [1.54, 1.807) is 48.5 Å². The second kappa shape index (κ2) is 11.7. The maximum Gasteiger partial charge on any atom is 0.275 e. The summed E-state index contributed by atoms with van der Waals surface area (Å²) < 4.78 is 18.0. The van der Waals surface area contributed by atoms with Crippen molar-refractivity contribution in [1.29, 1.82) is 0 Å². The number of benzene rings is 3. The van der Waals surface area contributed by atoms with Crippen molar-refractivity contribution in [2.24, 2.45) is 5.10 Å². The average Bonchev–Trinajstić information content (AvgIpc) is 2.79. The summed E-state index contributed by atoms with van der Waals surface area (Å²) in [5.74, 6) is 1.02.